The molecule has 0 saturated carbocycles. The average Bonchev–Trinajstić information content (AvgIpc) is 2.46. The van der Waals surface area contributed by atoms with Crippen LogP contribution in [0.1, 0.15) is 18.4 Å². The largest absolute Gasteiger partial charge is 0.494 e. The molecule has 8 heteroatoms. The molecule has 1 aliphatic heterocycles. The lowest BCUT2D eigenvalue weighted by Gasteiger charge is -2.32. The van der Waals surface area contributed by atoms with Crippen LogP contribution in [0.15, 0.2) is 18.2 Å². The maximum Gasteiger partial charge on any atom is 0.227 e. The summed E-state index contributed by atoms with van der Waals surface area (Å²) in [5, 5.41) is 0. The number of piperidine rings is 1. The Bertz CT molecular complexity index is 678. The molecular weight excluding hydrogens is 323 g/mol. The number of rotatable bonds is 5. The van der Waals surface area contributed by atoms with Crippen LogP contribution in [-0.2, 0) is 21.2 Å². The highest BCUT2D eigenvalue weighted by Crippen LogP contribution is 2.19. The van der Waals surface area contributed by atoms with Crippen LogP contribution in [0.5, 0.6) is 5.75 Å². The van der Waals surface area contributed by atoms with Crippen LogP contribution in [0.4, 0.5) is 4.39 Å². The SMILES string of the molecule is COc1ccc(CC(=O)N2CCCC(NS(C)(=O)=O)C2)cc1F. The molecule has 1 aromatic rings. The minimum Gasteiger partial charge on any atom is -0.494 e. The first-order valence-corrected chi connectivity index (χ1v) is 9.25. The fourth-order valence-corrected chi connectivity index (χ4v) is 3.51. The van der Waals surface area contributed by atoms with Crippen molar-refractivity contribution >= 4 is 15.9 Å². The van der Waals surface area contributed by atoms with Gasteiger partial charge in [-0.1, -0.05) is 6.07 Å². The van der Waals surface area contributed by atoms with Crippen molar-refractivity contribution in [3.8, 4) is 5.75 Å². The quantitative estimate of drug-likeness (QED) is 0.862. The first kappa shape index (κ1) is 17.7. The second kappa shape index (κ2) is 7.27. The van der Waals surface area contributed by atoms with Crippen molar-refractivity contribution in [2.75, 3.05) is 26.5 Å². The maximum absolute atomic E-state index is 13.7. The van der Waals surface area contributed by atoms with E-state index in [1.165, 1.54) is 19.2 Å². The molecule has 1 heterocycles. The fourth-order valence-electron chi connectivity index (χ4n) is 2.71. The Morgan fingerprint density at radius 2 is 2.22 bits per heavy atom. The molecule has 0 spiro atoms. The van der Waals surface area contributed by atoms with Gasteiger partial charge in [0.25, 0.3) is 0 Å². The lowest BCUT2D eigenvalue weighted by atomic mass is 10.0. The van der Waals surface area contributed by atoms with Gasteiger partial charge < -0.3 is 9.64 Å². The van der Waals surface area contributed by atoms with E-state index in [1.807, 2.05) is 0 Å². The number of ether oxygens (including phenoxy) is 1. The Hall–Kier alpha value is -1.67. The van der Waals surface area contributed by atoms with E-state index in [2.05, 4.69) is 4.72 Å². The summed E-state index contributed by atoms with van der Waals surface area (Å²) in [5.74, 6) is -0.515. The van der Waals surface area contributed by atoms with Crippen molar-refractivity contribution in [3.63, 3.8) is 0 Å². The zero-order valence-corrected chi connectivity index (χ0v) is 14.0. The van der Waals surface area contributed by atoms with E-state index in [0.717, 1.165) is 12.7 Å². The van der Waals surface area contributed by atoms with Crippen LogP contribution in [-0.4, -0.2) is 51.7 Å². The predicted octanol–water partition coefficient (Wildman–Crippen LogP) is 0.917. The normalized spacial score (nSPS) is 18.7. The molecule has 0 aromatic heterocycles. The van der Waals surface area contributed by atoms with Crippen molar-refractivity contribution in [2.24, 2.45) is 0 Å². The second-order valence-electron chi connectivity index (χ2n) is 5.71. The minimum atomic E-state index is -3.30. The molecular formula is C15H21FN2O4S. The van der Waals surface area contributed by atoms with E-state index in [4.69, 9.17) is 4.74 Å². The summed E-state index contributed by atoms with van der Waals surface area (Å²) in [4.78, 5) is 14.0. The molecule has 1 saturated heterocycles. The van der Waals surface area contributed by atoms with Crippen LogP contribution in [0, 0.1) is 5.82 Å². The number of benzene rings is 1. The third-order valence-corrected chi connectivity index (χ3v) is 4.49. The molecule has 23 heavy (non-hydrogen) atoms. The third kappa shape index (κ3) is 5.18. The van der Waals surface area contributed by atoms with Gasteiger partial charge in [0.05, 0.1) is 19.8 Å². The number of halogens is 1. The number of sulfonamides is 1. The molecule has 0 bridgehead atoms. The lowest BCUT2D eigenvalue weighted by Crippen LogP contribution is -2.49. The summed E-state index contributed by atoms with van der Waals surface area (Å²) in [6.07, 6.45) is 2.62. The van der Waals surface area contributed by atoms with Gasteiger partial charge in [-0.25, -0.2) is 17.5 Å². The Morgan fingerprint density at radius 3 is 2.83 bits per heavy atom. The van der Waals surface area contributed by atoms with Gasteiger partial charge in [-0.2, -0.15) is 0 Å². The van der Waals surface area contributed by atoms with Crippen LogP contribution >= 0.6 is 0 Å². The Kier molecular flexibility index (Phi) is 5.59. The molecule has 128 valence electrons. The molecule has 2 rings (SSSR count). The molecule has 1 N–H and O–H groups in total. The molecule has 1 fully saturated rings. The standard InChI is InChI=1S/C15H21FN2O4S/c1-22-14-6-5-11(8-13(14)16)9-15(19)18-7-3-4-12(10-18)17-23(2,20)21/h5-6,8,12,17H,3-4,7,9-10H2,1-2H3. The zero-order valence-electron chi connectivity index (χ0n) is 13.2. The first-order chi connectivity index (χ1) is 10.8. The lowest BCUT2D eigenvalue weighted by molar-refractivity contribution is -0.131. The van der Waals surface area contributed by atoms with E-state index >= 15 is 0 Å². The highest BCUT2D eigenvalue weighted by atomic mass is 32.2. The topological polar surface area (TPSA) is 75.7 Å². The van der Waals surface area contributed by atoms with Crippen LogP contribution < -0.4 is 9.46 Å². The number of amides is 1. The van der Waals surface area contributed by atoms with Gasteiger partial charge >= 0.3 is 0 Å². The van der Waals surface area contributed by atoms with Crippen molar-refractivity contribution in [1.82, 2.24) is 9.62 Å². The van der Waals surface area contributed by atoms with Gasteiger partial charge in [0.15, 0.2) is 11.6 Å². The summed E-state index contributed by atoms with van der Waals surface area (Å²) in [6, 6.07) is 4.15. The molecule has 6 nitrogen and oxygen atoms in total. The fraction of sp³-hybridized carbons (Fsp3) is 0.533. The number of carbonyl (C=O) groups is 1. The van der Waals surface area contributed by atoms with Crippen LogP contribution in [0.25, 0.3) is 0 Å². The van der Waals surface area contributed by atoms with Crippen LogP contribution in [0.2, 0.25) is 0 Å². The monoisotopic (exact) mass is 344 g/mol. The molecule has 1 unspecified atom stereocenters. The predicted molar refractivity (Wildman–Crippen MR) is 84.2 cm³/mol. The van der Waals surface area contributed by atoms with E-state index in [9.17, 15) is 17.6 Å². The van der Waals surface area contributed by atoms with Gasteiger partial charge in [-0.15, -0.1) is 0 Å². The van der Waals surface area contributed by atoms with Crippen molar-refractivity contribution in [3.05, 3.63) is 29.6 Å². The summed E-state index contributed by atoms with van der Waals surface area (Å²) in [6.45, 7) is 0.921. The maximum atomic E-state index is 13.7. The Labute approximate surface area is 135 Å². The number of methoxy groups -OCH3 is 1. The van der Waals surface area contributed by atoms with Gasteiger partial charge in [0.1, 0.15) is 0 Å². The highest BCUT2D eigenvalue weighted by molar-refractivity contribution is 7.88. The highest BCUT2D eigenvalue weighted by Gasteiger charge is 2.25. The molecule has 1 aromatic carbocycles. The number of nitrogens with one attached hydrogen (secondary N) is 1. The summed E-state index contributed by atoms with van der Waals surface area (Å²) in [7, 11) is -1.92. The molecule has 1 atom stereocenters. The van der Waals surface area contributed by atoms with Crippen molar-refractivity contribution in [1.29, 1.82) is 0 Å². The summed E-state index contributed by atoms with van der Waals surface area (Å²) >= 11 is 0. The minimum absolute atomic E-state index is 0.0759. The van der Waals surface area contributed by atoms with Crippen molar-refractivity contribution in [2.45, 2.75) is 25.3 Å². The average molecular weight is 344 g/mol. The van der Waals surface area contributed by atoms with E-state index in [-0.39, 0.29) is 24.1 Å². The van der Waals surface area contributed by atoms with E-state index < -0.39 is 15.8 Å². The number of hydrogen-bond donors (Lipinski definition) is 1. The van der Waals surface area contributed by atoms with Crippen molar-refractivity contribution < 1.29 is 22.3 Å². The Balaban J connectivity index is 1.98. The number of likely N-dealkylation sites (tertiary alicyclic amines) is 1. The smallest absolute Gasteiger partial charge is 0.227 e. The van der Waals surface area contributed by atoms with Gasteiger partial charge in [-0.3, -0.25) is 4.79 Å². The van der Waals surface area contributed by atoms with Gasteiger partial charge in [0, 0.05) is 19.1 Å². The van der Waals surface area contributed by atoms with Crippen LogP contribution in [0.3, 0.4) is 0 Å². The number of carbonyl (C=O) groups excluding carboxylic acids is 1. The third-order valence-electron chi connectivity index (χ3n) is 3.73. The first-order valence-electron chi connectivity index (χ1n) is 7.36. The molecule has 0 radical (unpaired) electrons. The Morgan fingerprint density at radius 1 is 1.48 bits per heavy atom. The molecule has 1 aliphatic rings. The summed E-state index contributed by atoms with van der Waals surface area (Å²) in [5.41, 5.74) is 0.562. The summed E-state index contributed by atoms with van der Waals surface area (Å²) < 4.78 is 43.6. The van der Waals surface area contributed by atoms with Gasteiger partial charge in [0.2, 0.25) is 15.9 Å². The van der Waals surface area contributed by atoms with Gasteiger partial charge in [-0.05, 0) is 30.5 Å². The zero-order chi connectivity index (χ0) is 17.0. The van der Waals surface area contributed by atoms with E-state index in [1.54, 1.807) is 11.0 Å². The van der Waals surface area contributed by atoms with E-state index in [0.29, 0.717) is 25.1 Å². The number of nitrogens with zero attached hydrogens (tertiary/aromatic N) is 1. The molecule has 1 amide bonds. The molecule has 0 aliphatic carbocycles. The second-order valence-corrected chi connectivity index (χ2v) is 7.49. The number of hydrogen-bond acceptors (Lipinski definition) is 4.